The highest BCUT2D eigenvalue weighted by atomic mass is 16.3. The zero-order valence-electron chi connectivity index (χ0n) is 24.7. The van der Waals surface area contributed by atoms with Gasteiger partial charge in [-0.15, -0.1) is 0 Å². The Morgan fingerprint density at radius 2 is 1.43 bits per heavy atom. The minimum atomic E-state index is -0.422. The summed E-state index contributed by atoms with van der Waals surface area (Å²) in [5.41, 5.74) is 12.4. The van der Waals surface area contributed by atoms with Gasteiger partial charge in [-0.25, -0.2) is 0 Å². The summed E-state index contributed by atoms with van der Waals surface area (Å²) in [6, 6.07) is 35.9. The van der Waals surface area contributed by atoms with Gasteiger partial charge in [-0.2, -0.15) is 0 Å². The topological polar surface area (TPSA) is 13.1 Å². The molecule has 1 aliphatic carbocycles. The molecule has 0 saturated heterocycles. The van der Waals surface area contributed by atoms with Crippen LogP contribution in [0.2, 0.25) is 0 Å². The van der Waals surface area contributed by atoms with Gasteiger partial charge >= 0.3 is 0 Å². The van der Waals surface area contributed by atoms with E-state index in [-0.39, 0.29) is 0 Å². The predicted octanol–water partition coefficient (Wildman–Crippen LogP) is 7.16. The second-order valence-corrected chi connectivity index (χ2v) is 10.7. The van der Waals surface area contributed by atoms with Crippen molar-refractivity contribution >= 4 is 23.8 Å². The molecule has 0 amide bonds. The number of benzene rings is 4. The Bertz CT molecular complexity index is 2050. The summed E-state index contributed by atoms with van der Waals surface area (Å²) in [5.74, 6) is 0. The minimum Gasteiger partial charge on any atom is -0.456 e. The van der Waals surface area contributed by atoms with Crippen molar-refractivity contribution in [2.24, 2.45) is 0 Å². The van der Waals surface area contributed by atoms with E-state index in [0.29, 0.717) is 0 Å². The van der Waals surface area contributed by atoms with E-state index < -0.39 is 5.41 Å². The summed E-state index contributed by atoms with van der Waals surface area (Å²) in [4.78, 5) is 0. The van der Waals surface area contributed by atoms with E-state index in [9.17, 15) is 0 Å². The third-order valence-electron chi connectivity index (χ3n) is 8.65. The van der Waals surface area contributed by atoms with Crippen LogP contribution in [0.5, 0.6) is 0 Å². The summed E-state index contributed by atoms with van der Waals surface area (Å²) >= 11 is 0. The van der Waals surface area contributed by atoms with Crippen LogP contribution in [0.3, 0.4) is 0 Å². The molecule has 5 aromatic rings. The molecule has 4 aromatic carbocycles. The van der Waals surface area contributed by atoms with Gasteiger partial charge in [0.15, 0.2) is 0 Å². The Labute approximate surface area is 248 Å². The fourth-order valence-electron chi connectivity index (χ4n) is 6.73. The van der Waals surface area contributed by atoms with E-state index >= 15 is 0 Å². The van der Waals surface area contributed by atoms with E-state index in [0.717, 1.165) is 38.8 Å². The van der Waals surface area contributed by atoms with Gasteiger partial charge in [-0.3, -0.25) is 0 Å². The standard InChI is InChI=1S/C41H36O/c1-6-16-36-33(9-4)40(42-39(36)10-5)32(8-3)29-22-24-31(25-23-29)41(30-17-12-11-13-18-30)37-20-15-14-19-34(37)35-26-21-28(7-2)27-38(35)41/h6,8-27H,1,3,7H2,2,4-5H3/b33-9-,36-16-,39-10+,40-32-. The number of hydrogen-bond acceptors (Lipinski definition) is 1. The molecule has 1 unspecified atom stereocenters. The maximum Gasteiger partial charge on any atom is 0.142 e. The summed E-state index contributed by atoms with van der Waals surface area (Å²) in [6.07, 6.45) is 10.8. The van der Waals surface area contributed by atoms with Crippen LogP contribution in [0.15, 0.2) is 127 Å². The van der Waals surface area contributed by atoms with Crippen LogP contribution in [-0.4, -0.2) is 0 Å². The molecule has 0 aliphatic heterocycles. The first-order valence-corrected chi connectivity index (χ1v) is 14.7. The van der Waals surface area contributed by atoms with Crippen molar-refractivity contribution in [3.63, 3.8) is 0 Å². The molecule has 1 heterocycles. The third kappa shape index (κ3) is 4.08. The van der Waals surface area contributed by atoms with Crippen LogP contribution < -0.4 is 21.3 Å². The van der Waals surface area contributed by atoms with Crippen molar-refractivity contribution in [3.8, 4) is 11.1 Å². The Morgan fingerprint density at radius 1 is 0.738 bits per heavy atom. The molecule has 6 rings (SSSR count). The monoisotopic (exact) mass is 544 g/mol. The average Bonchev–Trinajstić information content (AvgIpc) is 3.55. The molecule has 1 atom stereocenters. The number of allylic oxidation sites excluding steroid dienone is 2. The Balaban J connectivity index is 1.65. The second-order valence-electron chi connectivity index (χ2n) is 10.7. The normalized spacial score (nSPS) is 17.6. The van der Waals surface area contributed by atoms with Gasteiger partial charge in [0.05, 0.1) is 5.41 Å². The second kappa shape index (κ2) is 11.2. The molecule has 0 spiro atoms. The molecule has 0 bridgehead atoms. The number of aryl methyl sites for hydroxylation is 1. The van der Waals surface area contributed by atoms with E-state index in [1.165, 1.54) is 38.9 Å². The molecule has 0 fully saturated rings. The van der Waals surface area contributed by atoms with Gasteiger partial charge in [0, 0.05) is 16.0 Å². The van der Waals surface area contributed by atoms with E-state index in [2.05, 4.69) is 123 Å². The van der Waals surface area contributed by atoms with Crippen molar-refractivity contribution in [2.45, 2.75) is 32.6 Å². The maximum atomic E-state index is 6.41. The van der Waals surface area contributed by atoms with Crippen molar-refractivity contribution in [2.75, 3.05) is 0 Å². The third-order valence-corrected chi connectivity index (χ3v) is 8.65. The highest BCUT2D eigenvalue weighted by molar-refractivity contribution is 5.86. The molecular weight excluding hydrogens is 508 g/mol. The SMILES string of the molecule is C=C/C=c1/c(=C/C)/c(=C(\C=C)c2ccc(C3(c4ccccc4)c4ccccc4-c4ccc(CC)cc43)cc2)o/c1=C/C. The predicted molar refractivity (Wildman–Crippen MR) is 178 cm³/mol. The summed E-state index contributed by atoms with van der Waals surface area (Å²) < 4.78 is 6.41. The largest absolute Gasteiger partial charge is 0.456 e. The fraction of sp³-hybridized carbons (Fsp3) is 0.122. The van der Waals surface area contributed by atoms with Gasteiger partial charge < -0.3 is 4.42 Å². The molecule has 0 N–H and O–H groups in total. The van der Waals surface area contributed by atoms with E-state index in [1.807, 2.05) is 32.1 Å². The molecule has 1 nitrogen and oxygen atoms in total. The average molecular weight is 545 g/mol. The van der Waals surface area contributed by atoms with Crippen LogP contribution in [-0.2, 0) is 11.8 Å². The molecular formula is C41H36O. The molecule has 1 aromatic heterocycles. The van der Waals surface area contributed by atoms with Gasteiger partial charge in [0.1, 0.15) is 10.8 Å². The van der Waals surface area contributed by atoms with Crippen molar-refractivity contribution < 1.29 is 4.42 Å². The lowest BCUT2D eigenvalue weighted by Crippen LogP contribution is -2.37. The summed E-state index contributed by atoms with van der Waals surface area (Å²) in [7, 11) is 0. The van der Waals surface area contributed by atoms with Crippen LogP contribution in [0.25, 0.3) is 34.9 Å². The van der Waals surface area contributed by atoms with Gasteiger partial charge in [-0.1, -0.05) is 141 Å². The van der Waals surface area contributed by atoms with Crippen LogP contribution in [0.4, 0.5) is 0 Å². The Morgan fingerprint density at radius 3 is 2.10 bits per heavy atom. The molecule has 206 valence electrons. The van der Waals surface area contributed by atoms with Gasteiger partial charge in [-0.05, 0) is 70.9 Å². The minimum absolute atomic E-state index is 0.422. The Hall–Kier alpha value is -4.88. The van der Waals surface area contributed by atoms with Crippen LogP contribution >= 0.6 is 0 Å². The zero-order chi connectivity index (χ0) is 29.3. The first-order valence-electron chi connectivity index (χ1n) is 14.7. The summed E-state index contributed by atoms with van der Waals surface area (Å²) in [6.45, 7) is 14.4. The molecule has 0 saturated carbocycles. The molecule has 0 radical (unpaired) electrons. The fourth-order valence-corrected chi connectivity index (χ4v) is 6.73. The molecule has 42 heavy (non-hydrogen) atoms. The molecule has 1 heteroatoms. The van der Waals surface area contributed by atoms with Crippen LogP contribution in [0.1, 0.15) is 54.2 Å². The smallest absolute Gasteiger partial charge is 0.142 e. The number of hydrogen-bond donors (Lipinski definition) is 0. The van der Waals surface area contributed by atoms with E-state index in [1.54, 1.807) is 6.08 Å². The molecule has 1 aliphatic rings. The highest BCUT2D eigenvalue weighted by Gasteiger charge is 2.46. The Kier molecular flexibility index (Phi) is 7.27. The van der Waals surface area contributed by atoms with Crippen molar-refractivity contribution in [1.29, 1.82) is 0 Å². The van der Waals surface area contributed by atoms with Gasteiger partial charge in [0.2, 0.25) is 0 Å². The van der Waals surface area contributed by atoms with Crippen LogP contribution in [0, 0.1) is 0 Å². The lowest BCUT2D eigenvalue weighted by Gasteiger charge is -2.34. The summed E-state index contributed by atoms with van der Waals surface area (Å²) in [5, 5.41) is 2.09. The van der Waals surface area contributed by atoms with Gasteiger partial charge in [0.25, 0.3) is 0 Å². The zero-order valence-corrected chi connectivity index (χ0v) is 24.7. The number of furan rings is 1. The number of fused-ring (bicyclic) bond motifs is 3. The first-order chi connectivity index (χ1) is 20.6. The van der Waals surface area contributed by atoms with Crippen molar-refractivity contribution in [1.82, 2.24) is 0 Å². The van der Waals surface area contributed by atoms with Crippen molar-refractivity contribution in [3.05, 3.63) is 177 Å². The van der Waals surface area contributed by atoms with E-state index in [4.69, 9.17) is 4.42 Å². The lowest BCUT2D eigenvalue weighted by atomic mass is 9.67. The lowest BCUT2D eigenvalue weighted by molar-refractivity contribution is 0.496. The quantitative estimate of drug-likeness (QED) is 0.217. The highest BCUT2D eigenvalue weighted by Crippen LogP contribution is 2.56. The number of rotatable bonds is 6. The maximum absolute atomic E-state index is 6.41. The first kappa shape index (κ1) is 27.3.